The summed E-state index contributed by atoms with van der Waals surface area (Å²) in [6.07, 6.45) is 3.47. The summed E-state index contributed by atoms with van der Waals surface area (Å²) in [5.74, 6) is -0.440. The Morgan fingerprint density at radius 2 is 1.48 bits per heavy atom. The van der Waals surface area contributed by atoms with Crippen LogP contribution in [0.5, 0.6) is 0 Å². The van der Waals surface area contributed by atoms with Crippen LogP contribution in [0, 0.1) is 0 Å². The van der Waals surface area contributed by atoms with Crippen LogP contribution >= 0.6 is 0 Å². The first-order valence-electron chi connectivity index (χ1n) is 6.66. The number of hydrogen-bond acceptors (Lipinski definition) is 2. The Morgan fingerprint density at radius 3 is 1.95 bits per heavy atom. The van der Waals surface area contributed by atoms with Gasteiger partial charge < -0.3 is 10.6 Å². The van der Waals surface area contributed by atoms with Gasteiger partial charge in [0.15, 0.2) is 18.9 Å². The number of pyridine rings is 1. The molecule has 0 saturated carbocycles. The predicted molar refractivity (Wildman–Crippen MR) is 79.0 cm³/mol. The van der Waals surface area contributed by atoms with Crippen molar-refractivity contribution in [1.82, 2.24) is 10.6 Å². The highest BCUT2D eigenvalue weighted by Crippen LogP contribution is 2.04. The molecule has 0 fully saturated rings. The molecule has 0 bridgehead atoms. The van der Waals surface area contributed by atoms with Crippen LogP contribution in [0.25, 0.3) is 0 Å². The molecule has 2 N–H and O–H groups in total. The maximum absolute atomic E-state index is 11.8. The Kier molecular flexibility index (Phi) is 4.66. The lowest BCUT2D eigenvalue weighted by atomic mass is 10.1. The van der Waals surface area contributed by atoms with Gasteiger partial charge in [-0.3, -0.25) is 9.59 Å². The average molecular weight is 284 g/mol. The van der Waals surface area contributed by atoms with Gasteiger partial charge in [0, 0.05) is 19.7 Å². The molecule has 0 aliphatic rings. The summed E-state index contributed by atoms with van der Waals surface area (Å²) in [4.78, 5) is 23.7. The minimum absolute atomic E-state index is 0.220. The Balaban J connectivity index is 2.39. The predicted octanol–water partition coefficient (Wildman–Crippen LogP) is 0.742. The molecule has 0 spiro atoms. The van der Waals surface area contributed by atoms with E-state index in [1.54, 1.807) is 32.6 Å². The first-order valence-corrected chi connectivity index (χ1v) is 6.66. The normalized spacial score (nSPS) is 10.0. The van der Waals surface area contributed by atoms with Crippen molar-refractivity contribution in [2.75, 3.05) is 14.1 Å². The van der Waals surface area contributed by atoms with Gasteiger partial charge in [-0.15, -0.1) is 0 Å². The van der Waals surface area contributed by atoms with Gasteiger partial charge >= 0.3 is 0 Å². The van der Waals surface area contributed by atoms with Gasteiger partial charge in [-0.1, -0.05) is 30.3 Å². The third kappa shape index (κ3) is 3.66. The van der Waals surface area contributed by atoms with E-state index in [0.29, 0.717) is 17.7 Å². The first-order chi connectivity index (χ1) is 10.1. The Hall–Kier alpha value is -2.69. The standard InChI is InChI=1S/C16H17N3O2/c1-17-15(20)13-8-14(16(21)18-2)11-19(10-13)9-12-6-4-3-5-7-12/h3-8,10-11H,9H2,1-2H3,(H-,17,18,20,21)/p+1. The van der Waals surface area contributed by atoms with Crippen LogP contribution in [0.1, 0.15) is 26.3 Å². The van der Waals surface area contributed by atoms with Gasteiger partial charge in [0.2, 0.25) is 0 Å². The summed E-state index contributed by atoms with van der Waals surface area (Å²) in [7, 11) is 3.13. The third-order valence-corrected chi connectivity index (χ3v) is 3.11. The van der Waals surface area contributed by atoms with Crippen molar-refractivity contribution in [3.05, 3.63) is 65.5 Å². The number of benzene rings is 1. The van der Waals surface area contributed by atoms with Crippen LogP contribution in [0.4, 0.5) is 0 Å². The number of aromatic nitrogens is 1. The van der Waals surface area contributed by atoms with E-state index in [1.165, 1.54) is 0 Å². The second-order valence-corrected chi connectivity index (χ2v) is 4.63. The van der Waals surface area contributed by atoms with Crippen LogP contribution in [0.3, 0.4) is 0 Å². The van der Waals surface area contributed by atoms with Crippen molar-refractivity contribution in [3.8, 4) is 0 Å². The summed E-state index contributed by atoms with van der Waals surface area (Å²) < 4.78 is 1.84. The van der Waals surface area contributed by atoms with E-state index in [9.17, 15) is 9.59 Å². The van der Waals surface area contributed by atoms with E-state index in [1.807, 2.05) is 34.9 Å². The van der Waals surface area contributed by atoms with Crippen LogP contribution in [0.15, 0.2) is 48.8 Å². The van der Waals surface area contributed by atoms with Crippen LogP contribution < -0.4 is 15.2 Å². The lowest BCUT2D eigenvalue weighted by Gasteiger charge is -2.04. The van der Waals surface area contributed by atoms with Gasteiger partial charge in [0.25, 0.3) is 11.8 Å². The maximum Gasteiger partial charge on any atom is 0.257 e. The molecule has 108 valence electrons. The van der Waals surface area contributed by atoms with E-state index in [4.69, 9.17) is 0 Å². The molecule has 0 aliphatic carbocycles. The molecular formula is C16H18N3O2+. The van der Waals surface area contributed by atoms with E-state index >= 15 is 0 Å². The van der Waals surface area contributed by atoms with E-state index in [0.717, 1.165) is 5.56 Å². The van der Waals surface area contributed by atoms with Crippen molar-refractivity contribution in [2.45, 2.75) is 6.54 Å². The summed E-state index contributed by atoms with van der Waals surface area (Å²) in [6.45, 7) is 0.593. The smallest absolute Gasteiger partial charge is 0.257 e. The Bertz CT molecular complexity index is 620. The molecule has 5 nitrogen and oxygen atoms in total. The highest BCUT2D eigenvalue weighted by molar-refractivity contribution is 5.98. The Morgan fingerprint density at radius 1 is 0.952 bits per heavy atom. The molecule has 0 unspecified atom stereocenters. The maximum atomic E-state index is 11.8. The van der Waals surface area contributed by atoms with Crippen molar-refractivity contribution in [2.24, 2.45) is 0 Å². The van der Waals surface area contributed by atoms with Gasteiger partial charge in [0.1, 0.15) is 11.1 Å². The monoisotopic (exact) mass is 284 g/mol. The second-order valence-electron chi connectivity index (χ2n) is 4.63. The highest BCUT2D eigenvalue weighted by atomic mass is 16.2. The first kappa shape index (κ1) is 14.7. The number of carbonyl (C=O) groups excluding carboxylic acids is 2. The molecule has 1 aromatic heterocycles. The van der Waals surface area contributed by atoms with Gasteiger partial charge in [-0.05, 0) is 6.07 Å². The quantitative estimate of drug-likeness (QED) is 0.814. The lowest BCUT2D eigenvalue weighted by molar-refractivity contribution is -0.688. The largest absolute Gasteiger partial charge is 0.355 e. The molecule has 5 heteroatoms. The number of nitrogens with zero attached hydrogens (tertiary/aromatic N) is 1. The summed E-state index contributed by atoms with van der Waals surface area (Å²) >= 11 is 0. The molecule has 2 aromatic rings. The zero-order valence-electron chi connectivity index (χ0n) is 12.1. The fourth-order valence-corrected chi connectivity index (χ4v) is 2.06. The van der Waals surface area contributed by atoms with Crippen LogP contribution in [-0.2, 0) is 6.54 Å². The fraction of sp³-hybridized carbons (Fsp3) is 0.188. The van der Waals surface area contributed by atoms with Crippen molar-refractivity contribution in [3.63, 3.8) is 0 Å². The molecular weight excluding hydrogens is 266 g/mol. The van der Waals surface area contributed by atoms with E-state index < -0.39 is 0 Å². The molecule has 1 aromatic carbocycles. The number of amides is 2. The number of hydrogen-bond donors (Lipinski definition) is 2. The third-order valence-electron chi connectivity index (χ3n) is 3.11. The second kappa shape index (κ2) is 6.65. The lowest BCUT2D eigenvalue weighted by Crippen LogP contribution is -2.38. The molecule has 0 atom stereocenters. The molecule has 0 radical (unpaired) electrons. The summed E-state index contributed by atoms with van der Waals surface area (Å²) in [5.41, 5.74) is 2.00. The molecule has 0 aliphatic heterocycles. The van der Waals surface area contributed by atoms with Gasteiger partial charge in [-0.2, -0.15) is 4.57 Å². The number of rotatable bonds is 4. The van der Waals surface area contributed by atoms with Gasteiger partial charge in [-0.25, -0.2) is 0 Å². The number of carbonyl (C=O) groups is 2. The summed E-state index contributed by atoms with van der Waals surface area (Å²) in [5, 5.41) is 5.15. The van der Waals surface area contributed by atoms with Crippen LogP contribution in [0.2, 0.25) is 0 Å². The zero-order valence-corrected chi connectivity index (χ0v) is 12.1. The minimum atomic E-state index is -0.220. The summed E-state index contributed by atoms with van der Waals surface area (Å²) in [6, 6.07) is 11.4. The SMILES string of the molecule is CNC(=O)c1cc(C(=O)NC)c[n+](Cc2ccccc2)c1. The molecule has 2 rings (SSSR count). The molecule has 1 heterocycles. The van der Waals surface area contributed by atoms with E-state index in [2.05, 4.69) is 10.6 Å². The zero-order chi connectivity index (χ0) is 15.2. The number of nitrogens with one attached hydrogen (secondary N) is 2. The van der Waals surface area contributed by atoms with Crippen LogP contribution in [-0.4, -0.2) is 25.9 Å². The van der Waals surface area contributed by atoms with E-state index in [-0.39, 0.29) is 11.8 Å². The van der Waals surface area contributed by atoms with Crippen molar-refractivity contribution in [1.29, 1.82) is 0 Å². The minimum Gasteiger partial charge on any atom is -0.355 e. The average Bonchev–Trinajstić information content (AvgIpc) is 2.53. The molecule has 0 saturated heterocycles. The molecule has 2 amide bonds. The Labute approximate surface area is 123 Å². The fourth-order valence-electron chi connectivity index (χ4n) is 2.06. The highest BCUT2D eigenvalue weighted by Gasteiger charge is 2.16. The molecule has 21 heavy (non-hydrogen) atoms. The van der Waals surface area contributed by atoms with Crippen molar-refractivity contribution >= 4 is 11.8 Å². The van der Waals surface area contributed by atoms with Crippen molar-refractivity contribution < 1.29 is 14.2 Å². The van der Waals surface area contributed by atoms with Gasteiger partial charge in [0.05, 0.1) is 0 Å². The topological polar surface area (TPSA) is 62.1 Å².